The summed E-state index contributed by atoms with van der Waals surface area (Å²) in [7, 11) is 0. The molecule has 174 valence electrons. The molecule has 0 saturated carbocycles. The van der Waals surface area contributed by atoms with Crippen LogP contribution in [0.25, 0.3) is 17.0 Å². The number of nitrogens with one attached hydrogen (secondary N) is 1. The second-order valence-electron chi connectivity index (χ2n) is 8.10. The molecule has 0 spiro atoms. The van der Waals surface area contributed by atoms with Crippen molar-refractivity contribution in [1.29, 1.82) is 0 Å². The molecule has 1 aliphatic rings. The molecule has 0 unspecified atom stereocenters. The molecule has 3 aromatic carbocycles. The Bertz CT molecular complexity index is 1460. The molecule has 1 fully saturated rings. The Morgan fingerprint density at radius 1 is 0.943 bits per heavy atom. The predicted molar refractivity (Wildman–Crippen MR) is 141 cm³/mol. The van der Waals surface area contributed by atoms with E-state index in [4.69, 9.17) is 17.0 Å². The highest BCUT2D eigenvalue weighted by Gasteiger charge is 2.34. The molecule has 6 nitrogen and oxygen atoms in total. The van der Waals surface area contributed by atoms with E-state index in [1.54, 1.807) is 30.3 Å². The molecule has 5 rings (SSSR count). The zero-order chi connectivity index (χ0) is 24.4. The van der Waals surface area contributed by atoms with Crippen LogP contribution in [0.2, 0.25) is 0 Å². The van der Waals surface area contributed by atoms with E-state index in [0.717, 1.165) is 22.0 Å². The van der Waals surface area contributed by atoms with Gasteiger partial charge in [0.15, 0.2) is 5.11 Å². The number of ether oxygens (including phenoxy) is 1. The number of anilines is 1. The average Bonchev–Trinajstić information content (AvgIpc) is 3.20. The van der Waals surface area contributed by atoms with Crippen molar-refractivity contribution in [2.45, 2.75) is 13.5 Å². The third kappa shape index (κ3) is 4.46. The van der Waals surface area contributed by atoms with E-state index in [9.17, 15) is 9.59 Å². The normalized spacial score (nSPS) is 15.1. The molecule has 7 heteroatoms. The third-order valence-corrected chi connectivity index (χ3v) is 6.11. The first-order valence-corrected chi connectivity index (χ1v) is 11.7. The fourth-order valence-electron chi connectivity index (χ4n) is 4.21. The summed E-state index contributed by atoms with van der Waals surface area (Å²) in [6.07, 6.45) is 3.62. The highest BCUT2D eigenvalue weighted by Crippen LogP contribution is 2.28. The molecule has 2 amide bonds. The topological polar surface area (TPSA) is 63.6 Å². The summed E-state index contributed by atoms with van der Waals surface area (Å²) in [5.41, 5.74) is 3.54. The molecule has 0 atom stereocenters. The first-order chi connectivity index (χ1) is 17.0. The molecule has 1 N–H and O–H groups in total. The van der Waals surface area contributed by atoms with Gasteiger partial charge in [0.2, 0.25) is 0 Å². The van der Waals surface area contributed by atoms with E-state index in [0.29, 0.717) is 24.6 Å². The largest absolute Gasteiger partial charge is 0.494 e. The predicted octanol–water partition coefficient (Wildman–Crippen LogP) is 4.92. The molecular weight excluding hydrogens is 458 g/mol. The lowest BCUT2D eigenvalue weighted by atomic mass is 10.1. The van der Waals surface area contributed by atoms with Gasteiger partial charge < -0.3 is 9.30 Å². The number of hydrogen-bond donors (Lipinski definition) is 1. The second kappa shape index (κ2) is 9.56. The fraction of sp³-hybridized carbons (Fsp3) is 0.107. The molecule has 35 heavy (non-hydrogen) atoms. The van der Waals surface area contributed by atoms with E-state index < -0.39 is 11.8 Å². The number of carbonyl (C=O) groups excluding carboxylic acids is 2. The van der Waals surface area contributed by atoms with Crippen molar-refractivity contribution in [3.05, 3.63) is 102 Å². The van der Waals surface area contributed by atoms with E-state index in [2.05, 4.69) is 22.0 Å². The van der Waals surface area contributed by atoms with E-state index in [1.165, 1.54) is 4.90 Å². The maximum Gasteiger partial charge on any atom is 0.270 e. The fourth-order valence-corrected chi connectivity index (χ4v) is 4.49. The van der Waals surface area contributed by atoms with E-state index >= 15 is 0 Å². The van der Waals surface area contributed by atoms with Gasteiger partial charge in [0.1, 0.15) is 11.3 Å². The summed E-state index contributed by atoms with van der Waals surface area (Å²) in [5, 5.41) is 3.66. The van der Waals surface area contributed by atoms with Crippen LogP contribution in [0.5, 0.6) is 5.75 Å². The minimum absolute atomic E-state index is 0.0232. The average molecular weight is 482 g/mol. The number of rotatable bonds is 6. The summed E-state index contributed by atoms with van der Waals surface area (Å²) in [5.74, 6) is -0.289. The van der Waals surface area contributed by atoms with Crippen molar-refractivity contribution < 1.29 is 14.3 Å². The lowest BCUT2D eigenvalue weighted by Gasteiger charge is -2.29. The molecule has 4 aromatic rings. The van der Waals surface area contributed by atoms with Crippen molar-refractivity contribution in [1.82, 2.24) is 9.88 Å². The lowest BCUT2D eigenvalue weighted by molar-refractivity contribution is -0.122. The van der Waals surface area contributed by atoms with Crippen LogP contribution < -0.4 is 15.0 Å². The second-order valence-corrected chi connectivity index (χ2v) is 8.49. The van der Waals surface area contributed by atoms with Gasteiger partial charge in [0.25, 0.3) is 11.8 Å². The zero-order valence-electron chi connectivity index (χ0n) is 19.1. The SMILES string of the molecule is CCOc1ccc(N2C(=O)C(=Cc3cn(Cc4ccccc4)c4ccccc34)C(=O)NC2=S)cc1. The quantitative estimate of drug-likeness (QED) is 0.241. The van der Waals surface area contributed by atoms with Crippen LogP contribution in [-0.4, -0.2) is 28.1 Å². The van der Waals surface area contributed by atoms with Crippen molar-refractivity contribution in [3.8, 4) is 5.75 Å². The molecule has 0 radical (unpaired) electrons. The summed E-state index contributed by atoms with van der Waals surface area (Å²) in [4.78, 5) is 27.6. The highest BCUT2D eigenvalue weighted by atomic mass is 32.1. The number of fused-ring (bicyclic) bond motifs is 1. The van der Waals surface area contributed by atoms with Crippen LogP contribution >= 0.6 is 12.2 Å². The third-order valence-electron chi connectivity index (χ3n) is 5.82. The van der Waals surface area contributed by atoms with Gasteiger partial charge in [-0.3, -0.25) is 19.8 Å². The number of hydrogen-bond acceptors (Lipinski definition) is 4. The Morgan fingerprint density at radius 2 is 1.66 bits per heavy atom. The van der Waals surface area contributed by atoms with Crippen molar-refractivity contribution in [2.75, 3.05) is 11.5 Å². The Hall–Kier alpha value is -4.23. The Morgan fingerprint density at radius 3 is 2.40 bits per heavy atom. The van der Waals surface area contributed by atoms with Crippen LogP contribution in [0.1, 0.15) is 18.1 Å². The zero-order valence-corrected chi connectivity index (χ0v) is 19.9. The van der Waals surface area contributed by atoms with Crippen molar-refractivity contribution in [3.63, 3.8) is 0 Å². The van der Waals surface area contributed by atoms with Gasteiger partial charge in [-0.15, -0.1) is 0 Å². The number of aromatic nitrogens is 1. The van der Waals surface area contributed by atoms with Gasteiger partial charge in [-0.2, -0.15) is 0 Å². The molecule has 0 aliphatic carbocycles. The number of para-hydroxylation sites is 1. The first-order valence-electron chi connectivity index (χ1n) is 11.3. The molecule has 1 saturated heterocycles. The van der Waals surface area contributed by atoms with Crippen LogP contribution in [0.15, 0.2) is 90.6 Å². The monoisotopic (exact) mass is 481 g/mol. The van der Waals surface area contributed by atoms with Crippen LogP contribution in [0, 0.1) is 0 Å². The molecule has 1 aromatic heterocycles. The number of nitrogens with zero attached hydrogens (tertiary/aromatic N) is 2. The van der Waals surface area contributed by atoms with Gasteiger partial charge in [0, 0.05) is 29.2 Å². The van der Waals surface area contributed by atoms with Gasteiger partial charge in [0.05, 0.1) is 12.3 Å². The highest BCUT2D eigenvalue weighted by molar-refractivity contribution is 7.80. The molecule has 1 aliphatic heterocycles. The number of carbonyl (C=O) groups is 2. The molecule has 2 heterocycles. The summed E-state index contributed by atoms with van der Waals surface area (Å²) >= 11 is 5.33. The smallest absolute Gasteiger partial charge is 0.270 e. The standard InChI is InChI=1S/C28H23N3O3S/c1-2-34-22-14-12-21(13-15-22)31-27(33)24(26(32)29-28(31)35)16-20-18-30(17-19-8-4-3-5-9-19)25-11-7-6-10-23(20)25/h3-16,18H,2,17H2,1H3,(H,29,32,35). The van der Waals surface area contributed by atoms with Gasteiger partial charge in [-0.1, -0.05) is 48.5 Å². The lowest BCUT2D eigenvalue weighted by Crippen LogP contribution is -2.54. The Kier molecular flexibility index (Phi) is 6.16. The number of thiocarbonyl (C=S) groups is 1. The van der Waals surface area contributed by atoms with Crippen LogP contribution in [-0.2, 0) is 16.1 Å². The number of amides is 2. The first kappa shape index (κ1) is 22.6. The minimum Gasteiger partial charge on any atom is -0.494 e. The van der Waals surface area contributed by atoms with Crippen molar-refractivity contribution in [2.24, 2.45) is 0 Å². The molecule has 0 bridgehead atoms. The van der Waals surface area contributed by atoms with Crippen LogP contribution in [0.3, 0.4) is 0 Å². The minimum atomic E-state index is -0.512. The summed E-state index contributed by atoms with van der Waals surface area (Å²) in [6.45, 7) is 3.12. The Labute approximate surface area is 208 Å². The van der Waals surface area contributed by atoms with E-state index in [1.807, 2.05) is 55.6 Å². The number of benzene rings is 3. The maximum absolute atomic E-state index is 13.5. The maximum atomic E-state index is 13.5. The molecular formula is C28H23N3O3S. The van der Waals surface area contributed by atoms with Gasteiger partial charge in [-0.05, 0) is 61.1 Å². The summed E-state index contributed by atoms with van der Waals surface area (Å²) < 4.78 is 7.61. The van der Waals surface area contributed by atoms with Crippen molar-refractivity contribution >= 4 is 51.8 Å². The van der Waals surface area contributed by atoms with Gasteiger partial charge in [-0.25, -0.2) is 0 Å². The van der Waals surface area contributed by atoms with Crippen LogP contribution in [0.4, 0.5) is 5.69 Å². The van der Waals surface area contributed by atoms with E-state index in [-0.39, 0.29) is 10.7 Å². The summed E-state index contributed by atoms with van der Waals surface area (Å²) in [6, 6.07) is 25.1. The Balaban J connectivity index is 1.53. The van der Waals surface area contributed by atoms with Gasteiger partial charge >= 0.3 is 0 Å².